The van der Waals surface area contributed by atoms with E-state index in [1.54, 1.807) is 25.3 Å². The van der Waals surface area contributed by atoms with Crippen LogP contribution < -0.4 is 20.2 Å². The van der Waals surface area contributed by atoms with E-state index in [1.165, 1.54) is 13.3 Å². The Kier molecular flexibility index (Phi) is 7.84. The van der Waals surface area contributed by atoms with Gasteiger partial charge in [0, 0.05) is 37.8 Å². The lowest BCUT2D eigenvalue weighted by molar-refractivity contribution is -0.139. The van der Waals surface area contributed by atoms with Crippen molar-refractivity contribution in [2.75, 3.05) is 53.6 Å². The van der Waals surface area contributed by atoms with Crippen molar-refractivity contribution in [2.45, 2.75) is 0 Å². The number of rotatable bonds is 7. The van der Waals surface area contributed by atoms with Crippen LogP contribution in [0.1, 0.15) is 5.56 Å². The molecule has 0 atom stereocenters. The summed E-state index contributed by atoms with van der Waals surface area (Å²) in [5.41, 5.74) is 2.84. The summed E-state index contributed by atoms with van der Waals surface area (Å²) >= 11 is 0. The molecule has 1 saturated heterocycles. The molecule has 2 N–H and O–H groups in total. The minimum Gasteiger partial charge on any atom is -0.497 e. The first-order chi connectivity index (χ1) is 12.6. The van der Waals surface area contributed by atoms with Gasteiger partial charge in [0.15, 0.2) is 0 Å². The Morgan fingerprint density at radius 2 is 2.00 bits per heavy atom. The first kappa shape index (κ1) is 19.7. The number of benzene rings is 1. The van der Waals surface area contributed by atoms with E-state index in [0.29, 0.717) is 43.4 Å². The zero-order valence-corrected chi connectivity index (χ0v) is 15.0. The van der Waals surface area contributed by atoms with E-state index in [4.69, 9.17) is 14.2 Å². The SMILES string of the molecule is COc1ccc(/C=N\NC(=O)C(=O)NCCN2CCOCC2)c(OC)c1. The number of hydrogen-bond acceptors (Lipinski definition) is 7. The number of amides is 2. The number of morpholine rings is 1. The van der Waals surface area contributed by atoms with E-state index >= 15 is 0 Å². The van der Waals surface area contributed by atoms with Gasteiger partial charge in [-0.05, 0) is 12.1 Å². The maximum Gasteiger partial charge on any atom is 0.329 e. The van der Waals surface area contributed by atoms with Gasteiger partial charge in [-0.2, -0.15) is 5.10 Å². The van der Waals surface area contributed by atoms with E-state index in [1.807, 2.05) is 0 Å². The van der Waals surface area contributed by atoms with Gasteiger partial charge in [0.1, 0.15) is 11.5 Å². The van der Waals surface area contributed by atoms with Crippen LogP contribution in [0.2, 0.25) is 0 Å². The van der Waals surface area contributed by atoms with Crippen LogP contribution in [-0.4, -0.2) is 76.5 Å². The summed E-state index contributed by atoms with van der Waals surface area (Å²) in [5, 5.41) is 6.36. The predicted octanol–water partition coefficient (Wildman–Crippen LogP) is -0.398. The Morgan fingerprint density at radius 3 is 2.69 bits per heavy atom. The molecule has 1 aliphatic rings. The Labute approximate surface area is 152 Å². The normalized spacial score (nSPS) is 14.8. The molecule has 0 saturated carbocycles. The van der Waals surface area contributed by atoms with Crippen molar-refractivity contribution in [1.29, 1.82) is 0 Å². The number of hydrogen-bond donors (Lipinski definition) is 2. The van der Waals surface area contributed by atoms with Crippen LogP contribution in [-0.2, 0) is 14.3 Å². The zero-order valence-electron chi connectivity index (χ0n) is 15.0. The second-order valence-electron chi connectivity index (χ2n) is 5.52. The third-order valence-electron chi connectivity index (χ3n) is 3.83. The van der Waals surface area contributed by atoms with Gasteiger partial charge in [-0.1, -0.05) is 0 Å². The first-order valence-electron chi connectivity index (χ1n) is 8.27. The summed E-state index contributed by atoms with van der Waals surface area (Å²) < 4.78 is 15.6. The number of nitrogens with one attached hydrogen (secondary N) is 2. The van der Waals surface area contributed by atoms with Crippen molar-refractivity contribution in [1.82, 2.24) is 15.6 Å². The monoisotopic (exact) mass is 364 g/mol. The molecule has 0 spiro atoms. The Hall–Kier alpha value is -2.65. The maximum atomic E-state index is 11.8. The van der Waals surface area contributed by atoms with Gasteiger partial charge in [0.05, 0.1) is 33.6 Å². The first-order valence-corrected chi connectivity index (χ1v) is 8.27. The summed E-state index contributed by atoms with van der Waals surface area (Å²) in [6.45, 7) is 4.11. The highest BCUT2D eigenvalue weighted by Gasteiger charge is 2.14. The van der Waals surface area contributed by atoms with Crippen molar-refractivity contribution in [3.05, 3.63) is 23.8 Å². The molecule has 1 aromatic rings. The van der Waals surface area contributed by atoms with Crippen molar-refractivity contribution >= 4 is 18.0 Å². The van der Waals surface area contributed by atoms with E-state index in [-0.39, 0.29) is 0 Å². The average Bonchev–Trinajstić information content (AvgIpc) is 2.68. The molecule has 9 nitrogen and oxygen atoms in total. The zero-order chi connectivity index (χ0) is 18.8. The van der Waals surface area contributed by atoms with Crippen LogP contribution in [0, 0.1) is 0 Å². The van der Waals surface area contributed by atoms with E-state index in [2.05, 4.69) is 20.7 Å². The molecule has 1 heterocycles. The Balaban J connectivity index is 1.76. The largest absolute Gasteiger partial charge is 0.497 e. The minimum absolute atomic E-state index is 0.391. The van der Waals surface area contributed by atoms with Gasteiger partial charge < -0.3 is 19.5 Å². The topological polar surface area (TPSA) is 101 Å². The van der Waals surface area contributed by atoms with E-state index < -0.39 is 11.8 Å². The lowest BCUT2D eigenvalue weighted by Gasteiger charge is -2.26. The molecule has 1 fully saturated rings. The number of carbonyl (C=O) groups excluding carboxylic acids is 2. The fraction of sp³-hybridized carbons (Fsp3) is 0.471. The molecule has 2 amide bonds. The van der Waals surface area contributed by atoms with Gasteiger partial charge in [0.25, 0.3) is 0 Å². The molecule has 9 heteroatoms. The number of hydrazone groups is 1. The molecule has 0 bridgehead atoms. The quantitative estimate of drug-likeness (QED) is 0.388. The van der Waals surface area contributed by atoms with Gasteiger partial charge in [-0.25, -0.2) is 5.43 Å². The standard InChI is InChI=1S/C17H24N4O5/c1-24-14-4-3-13(15(11-14)25-2)12-19-20-17(23)16(22)18-5-6-21-7-9-26-10-8-21/h3-4,11-12H,5-10H2,1-2H3,(H,18,22)(H,20,23)/b19-12-. The highest BCUT2D eigenvalue weighted by atomic mass is 16.5. The van der Waals surface area contributed by atoms with Crippen molar-refractivity contribution in [2.24, 2.45) is 5.10 Å². The Bertz CT molecular complexity index is 644. The highest BCUT2D eigenvalue weighted by molar-refractivity contribution is 6.35. The van der Waals surface area contributed by atoms with Crippen LogP contribution >= 0.6 is 0 Å². The molecule has 2 rings (SSSR count). The van der Waals surface area contributed by atoms with Crippen LogP contribution in [0.4, 0.5) is 0 Å². The van der Waals surface area contributed by atoms with Gasteiger partial charge in [-0.3, -0.25) is 14.5 Å². The predicted molar refractivity (Wildman–Crippen MR) is 95.6 cm³/mol. The average molecular weight is 364 g/mol. The molecule has 0 aromatic heterocycles. The number of ether oxygens (including phenoxy) is 3. The molecule has 0 aliphatic carbocycles. The number of methoxy groups -OCH3 is 2. The maximum absolute atomic E-state index is 11.8. The van der Waals surface area contributed by atoms with Crippen LogP contribution in [0.25, 0.3) is 0 Å². The Morgan fingerprint density at radius 1 is 1.23 bits per heavy atom. The van der Waals surface area contributed by atoms with Gasteiger partial charge in [0.2, 0.25) is 0 Å². The summed E-state index contributed by atoms with van der Waals surface area (Å²) in [6.07, 6.45) is 1.40. The summed E-state index contributed by atoms with van der Waals surface area (Å²) in [6, 6.07) is 5.17. The second kappa shape index (κ2) is 10.4. The lowest BCUT2D eigenvalue weighted by Crippen LogP contribution is -2.44. The fourth-order valence-corrected chi connectivity index (χ4v) is 2.37. The van der Waals surface area contributed by atoms with Gasteiger partial charge >= 0.3 is 11.8 Å². The van der Waals surface area contributed by atoms with Crippen LogP contribution in [0.15, 0.2) is 23.3 Å². The third kappa shape index (κ3) is 6.01. The summed E-state index contributed by atoms with van der Waals surface area (Å²) in [5.74, 6) is -0.368. The summed E-state index contributed by atoms with van der Waals surface area (Å²) in [4.78, 5) is 25.7. The fourth-order valence-electron chi connectivity index (χ4n) is 2.37. The molecular formula is C17H24N4O5. The minimum atomic E-state index is -0.823. The van der Waals surface area contributed by atoms with Crippen molar-refractivity contribution in [3.8, 4) is 11.5 Å². The van der Waals surface area contributed by atoms with Crippen molar-refractivity contribution < 1.29 is 23.8 Å². The molecule has 142 valence electrons. The summed E-state index contributed by atoms with van der Waals surface area (Å²) in [7, 11) is 3.08. The molecular weight excluding hydrogens is 340 g/mol. The molecule has 26 heavy (non-hydrogen) atoms. The van der Waals surface area contributed by atoms with Gasteiger partial charge in [-0.15, -0.1) is 0 Å². The highest BCUT2D eigenvalue weighted by Crippen LogP contribution is 2.22. The molecule has 0 unspecified atom stereocenters. The van der Waals surface area contributed by atoms with E-state index in [9.17, 15) is 9.59 Å². The van der Waals surface area contributed by atoms with Crippen LogP contribution in [0.3, 0.4) is 0 Å². The van der Waals surface area contributed by atoms with E-state index in [0.717, 1.165) is 13.1 Å². The lowest BCUT2D eigenvalue weighted by atomic mass is 10.2. The molecule has 0 radical (unpaired) electrons. The van der Waals surface area contributed by atoms with Crippen LogP contribution in [0.5, 0.6) is 11.5 Å². The molecule has 1 aliphatic heterocycles. The van der Waals surface area contributed by atoms with Crippen molar-refractivity contribution in [3.63, 3.8) is 0 Å². The number of nitrogens with zero attached hydrogens (tertiary/aromatic N) is 2. The smallest absolute Gasteiger partial charge is 0.329 e. The second-order valence-corrected chi connectivity index (χ2v) is 5.52. The third-order valence-corrected chi connectivity index (χ3v) is 3.83. The number of carbonyl (C=O) groups is 2. The molecule has 1 aromatic carbocycles.